The molecule has 2 heterocycles. The van der Waals surface area contributed by atoms with Crippen molar-refractivity contribution in [3.05, 3.63) is 41.8 Å². The van der Waals surface area contributed by atoms with Gasteiger partial charge in [-0.2, -0.15) is 0 Å². The molecule has 2 N–H and O–H groups in total. The van der Waals surface area contributed by atoms with Crippen molar-refractivity contribution < 1.29 is 4.79 Å². The average molecular weight is 312 g/mol. The van der Waals surface area contributed by atoms with Crippen LogP contribution in [0.2, 0.25) is 0 Å². The van der Waals surface area contributed by atoms with E-state index in [4.69, 9.17) is 0 Å². The summed E-state index contributed by atoms with van der Waals surface area (Å²) in [5, 5.41) is 9.04. The highest BCUT2D eigenvalue weighted by Gasteiger charge is 2.09. The van der Waals surface area contributed by atoms with Crippen LogP contribution in [0.1, 0.15) is 6.92 Å². The Morgan fingerprint density at radius 2 is 2.00 bits per heavy atom. The fourth-order valence-electron chi connectivity index (χ4n) is 2.15. The van der Waals surface area contributed by atoms with E-state index in [2.05, 4.69) is 20.6 Å². The molecule has 0 saturated heterocycles. The third-order valence-corrected chi connectivity index (χ3v) is 4.00. The molecule has 1 amide bonds. The van der Waals surface area contributed by atoms with E-state index in [0.717, 1.165) is 27.4 Å². The molecule has 0 aliphatic heterocycles. The Bertz CT molecular complexity index is 786. The Morgan fingerprint density at radius 3 is 2.77 bits per heavy atom. The standard InChI is InChI=1S/C16H16N4OS/c1-11(21)17-8-9-18-15-12-5-2-3-6-13(12)19-16(20-15)14-7-4-10-22-14/h2-7,10H,8-9H2,1H3,(H,17,21)(H,18,19,20). The Kier molecular flexibility index (Phi) is 4.29. The van der Waals surface area contributed by atoms with Gasteiger partial charge in [0.15, 0.2) is 5.82 Å². The molecule has 0 aliphatic carbocycles. The van der Waals surface area contributed by atoms with Crippen LogP contribution in [-0.4, -0.2) is 29.0 Å². The summed E-state index contributed by atoms with van der Waals surface area (Å²) in [6.45, 7) is 2.68. The minimum absolute atomic E-state index is 0.0337. The van der Waals surface area contributed by atoms with Crippen LogP contribution < -0.4 is 10.6 Å². The number of thiophene rings is 1. The summed E-state index contributed by atoms with van der Waals surface area (Å²) >= 11 is 1.62. The number of carbonyl (C=O) groups is 1. The number of amides is 1. The molecule has 0 radical (unpaired) electrons. The van der Waals surface area contributed by atoms with E-state index in [-0.39, 0.29) is 5.91 Å². The number of rotatable bonds is 5. The summed E-state index contributed by atoms with van der Waals surface area (Å²) < 4.78 is 0. The number of nitrogens with one attached hydrogen (secondary N) is 2. The Hall–Kier alpha value is -2.47. The zero-order valence-corrected chi connectivity index (χ0v) is 13.0. The van der Waals surface area contributed by atoms with Gasteiger partial charge in [-0.3, -0.25) is 4.79 Å². The van der Waals surface area contributed by atoms with Gasteiger partial charge in [-0.15, -0.1) is 11.3 Å². The molecule has 5 nitrogen and oxygen atoms in total. The maximum absolute atomic E-state index is 10.9. The molecule has 0 atom stereocenters. The van der Waals surface area contributed by atoms with E-state index in [1.54, 1.807) is 11.3 Å². The summed E-state index contributed by atoms with van der Waals surface area (Å²) in [5.74, 6) is 1.48. The van der Waals surface area contributed by atoms with Gasteiger partial charge in [0.2, 0.25) is 5.91 Å². The van der Waals surface area contributed by atoms with Crippen LogP contribution >= 0.6 is 11.3 Å². The lowest BCUT2D eigenvalue weighted by Crippen LogP contribution is -2.26. The largest absolute Gasteiger partial charge is 0.368 e. The molecule has 2 aromatic heterocycles. The van der Waals surface area contributed by atoms with Gasteiger partial charge in [-0.1, -0.05) is 18.2 Å². The van der Waals surface area contributed by atoms with Crippen LogP contribution in [0, 0.1) is 0 Å². The second kappa shape index (κ2) is 6.53. The molecule has 6 heteroatoms. The lowest BCUT2D eigenvalue weighted by atomic mass is 10.2. The van der Waals surface area contributed by atoms with Crippen molar-refractivity contribution in [2.75, 3.05) is 18.4 Å². The average Bonchev–Trinajstić information content (AvgIpc) is 3.05. The fraction of sp³-hybridized carbons (Fsp3) is 0.188. The van der Waals surface area contributed by atoms with Crippen molar-refractivity contribution in [2.24, 2.45) is 0 Å². The molecule has 0 fully saturated rings. The molecule has 112 valence electrons. The van der Waals surface area contributed by atoms with Gasteiger partial charge < -0.3 is 10.6 Å². The molecule has 1 aromatic carbocycles. The van der Waals surface area contributed by atoms with Crippen LogP contribution in [0.4, 0.5) is 5.82 Å². The van der Waals surface area contributed by atoms with Gasteiger partial charge in [0.25, 0.3) is 0 Å². The number of para-hydroxylation sites is 1. The predicted molar refractivity (Wildman–Crippen MR) is 90.0 cm³/mol. The van der Waals surface area contributed by atoms with Crippen LogP contribution in [0.5, 0.6) is 0 Å². The first-order chi connectivity index (χ1) is 10.7. The first-order valence-corrected chi connectivity index (χ1v) is 7.91. The highest BCUT2D eigenvalue weighted by Crippen LogP contribution is 2.27. The van der Waals surface area contributed by atoms with E-state index in [1.165, 1.54) is 6.92 Å². The quantitative estimate of drug-likeness (QED) is 0.711. The van der Waals surface area contributed by atoms with Gasteiger partial charge >= 0.3 is 0 Å². The zero-order valence-electron chi connectivity index (χ0n) is 12.2. The van der Waals surface area contributed by atoms with E-state index in [9.17, 15) is 4.79 Å². The van der Waals surface area contributed by atoms with Gasteiger partial charge in [-0.05, 0) is 23.6 Å². The molecule has 0 spiro atoms. The normalized spacial score (nSPS) is 10.6. The smallest absolute Gasteiger partial charge is 0.216 e. The minimum atomic E-state index is -0.0337. The summed E-state index contributed by atoms with van der Waals surface area (Å²) in [6, 6.07) is 11.9. The lowest BCUT2D eigenvalue weighted by molar-refractivity contribution is -0.118. The molecule has 0 unspecified atom stereocenters. The topological polar surface area (TPSA) is 66.9 Å². The van der Waals surface area contributed by atoms with Crippen LogP contribution in [0.3, 0.4) is 0 Å². The van der Waals surface area contributed by atoms with E-state index >= 15 is 0 Å². The van der Waals surface area contributed by atoms with Crippen molar-refractivity contribution in [2.45, 2.75) is 6.92 Å². The van der Waals surface area contributed by atoms with E-state index in [0.29, 0.717) is 13.1 Å². The monoisotopic (exact) mass is 312 g/mol. The van der Waals surface area contributed by atoms with Crippen LogP contribution in [0.15, 0.2) is 41.8 Å². The molecule has 0 bridgehead atoms. The van der Waals surface area contributed by atoms with Crippen molar-refractivity contribution >= 4 is 34.0 Å². The second-order valence-electron chi connectivity index (χ2n) is 4.80. The SMILES string of the molecule is CC(=O)NCCNc1nc(-c2cccs2)nc2ccccc12. The summed E-state index contributed by atoms with van der Waals surface area (Å²) in [7, 11) is 0. The Morgan fingerprint density at radius 1 is 1.14 bits per heavy atom. The molecule has 3 aromatic rings. The highest BCUT2D eigenvalue weighted by atomic mass is 32.1. The first kappa shape index (κ1) is 14.5. The number of anilines is 1. The van der Waals surface area contributed by atoms with Crippen molar-refractivity contribution in [1.82, 2.24) is 15.3 Å². The number of hydrogen-bond donors (Lipinski definition) is 2. The maximum Gasteiger partial charge on any atom is 0.216 e. The number of nitrogens with zero attached hydrogens (tertiary/aromatic N) is 2. The minimum Gasteiger partial charge on any atom is -0.368 e. The number of benzene rings is 1. The second-order valence-corrected chi connectivity index (χ2v) is 5.75. The Labute approximate surface area is 132 Å². The first-order valence-electron chi connectivity index (χ1n) is 7.03. The third kappa shape index (κ3) is 3.23. The highest BCUT2D eigenvalue weighted by molar-refractivity contribution is 7.13. The third-order valence-electron chi connectivity index (χ3n) is 3.14. The lowest BCUT2D eigenvalue weighted by Gasteiger charge is -2.10. The maximum atomic E-state index is 10.9. The van der Waals surface area contributed by atoms with Gasteiger partial charge in [0.1, 0.15) is 5.82 Å². The number of hydrogen-bond acceptors (Lipinski definition) is 5. The summed E-state index contributed by atoms with van der Waals surface area (Å²) in [5.41, 5.74) is 0.905. The molecule has 0 saturated carbocycles. The molecule has 22 heavy (non-hydrogen) atoms. The fourth-order valence-corrected chi connectivity index (χ4v) is 2.80. The van der Waals surface area contributed by atoms with Crippen molar-refractivity contribution in [3.8, 4) is 10.7 Å². The van der Waals surface area contributed by atoms with E-state index in [1.807, 2.05) is 41.8 Å². The van der Waals surface area contributed by atoms with E-state index < -0.39 is 0 Å². The molecular weight excluding hydrogens is 296 g/mol. The van der Waals surface area contributed by atoms with Crippen LogP contribution in [-0.2, 0) is 4.79 Å². The van der Waals surface area contributed by atoms with Gasteiger partial charge in [0.05, 0.1) is 10.4 Å². The predicted octanol–water partition coefficient (Wildman–Crippen LogP) is 2.91. The van der Waals surface area contributed by atoms with Crippen molar-refractivity contribution in [1.29, 1.82) is 0 Å². The summed E-state index contributed by atoms with van der Waals surface area (Å²) in [4.78, 5) is 21.2. The number of carbonyl (C=O) groups excluding carboxylic acids is 1. The molecule has 3 rings (SSSR count). The number of aromatic nitrogens is 2. The van der Waals surface area contributed by atoms with Gasteiger partial charge in [0, 0.05) is 25.4 Å². The van der Waals surface area contributed by atoms with Crippen LogP contribution in [0.25, 0.3) is 21.6 Å². The van der Waals surface area contributed by atoms with Gasteiger partial charge in [-0.25, -0.2) is 9.97 Å². The Balaban J connectivity index is 1.91. The zero-order chi connectivity index (χ0) is 15.4. The molecule has 0 aliphatic rings. The summed E-state index contributed by atoms with van der Waals surface area (Å²) in [6.07, 6.45) is 0. The molecular formula is C16H16N4OS. The van der Waals surface area contributed by atoms with Crippen molar-refractivity contribution in [3.63, 3.8) is 0 Å². The number of fused-ring (bicyclic) bond motifs is 1.